The molecule has 1 aliphatic rings. The van der Waals surface area contributed by atoms with E-state index < -0.39 is 11.8 Å². The Morgan fingerprint density at radius 3 is 1.69 bits per heavy atom. The van der Waals surface area contributed by atoms with E-state index in [4.69, 9.17) is 14.2 Å². The summed E-state index contributed by atoms with van der Waals surface area (Å²) in [6, 6.07) is 17.4. The molecule has 198 valence electrons. The maximum atomic E-state index is 12.2. The molecule has 2 aromatic carbocycles. The van der Waals surface area contributed by atoms with E-state index in [9.17, 15) is 4.79 Å². The van der Waals surface area contributed by atoms with Gasteiger partial charge in [-0.05, 0) is 39.0 Å². The van der Waals surface area contributed by atoms with Crippen molar-refractivity contribution in [1.29, 1.82) is 0 Å². The zero-order valence-corrected chi connectivity index (χ0v) is 23.6. The van der Waals surface area contributed by atoms with Crippen molar-refractivity contribution in [2.24, 2.45) is 5.92 Å². The van der Waals surface area contributed by atoms with Crippen molar-refractivity contribution >= 4 is 6.16 Å². The molecule has 0 saturated carbocycles. The van der Waals surface area contributed by atoms with Gasteiger partial charge in [0.15, 0.2) is 0 Å². The monoisotopic (exact) mass is 495 g/mol. The number of hydrogen-bond acceptors (Lipinski definition) is 5. The molecule has 0 spiro atoms. The summed E-state index contributed by atoms with van der Waals surface area (Å²) < 4.78 is 17.3. The second kappa shape index (κ2) is 10.9. The summed E-state index contributed by atoms with van der Waals surface area (Å²) in [5, 5.41) is 3.60. The Morgan fingerprint density at radius 1 is 0.861 bits per heavy atom. The number of benzene rings is 2. The second-order valence-corrected chi connectivity index (χ2v) is 12.5. The lowest BCUT2D eigenvalue weighted by molar-refractivity contribution is -0.0136. The van der Waals surface area contributed by atoms with E-state index in [0.717, 1.165) is 11.1 Å². The number of methoxy groups -OCH3 is 1. The predicted molar refractivity (Wildman–Crippen MR) is 146 cm³/mol. The van der Waals surface area contributed by atoms with Gasteiger partial charge < -0.3 is 19.5 Å². The highest BCUT2D eigenvalue weighted by molar-refractivity contribution is 5.60. The summed E-state index contributed by atoms with van der Waals surface area (Å²) in [4.78, 5) is 12.2. The van der Waals surface area contributed by atoms with Gasteiger partial charge in [-0.2, -0.15) is 0 Å². The molecule has 0 aromatic heterocycles. The first-order valence-corrected chi connectivity index (χ1v) is 13.1. The van der Waals surface area contributed by atoms with E-state index in [1.807, 2.05) is 13.8 Å². The lowest BCUT2D eigenvalue weighted by Crippen LogP contribution is -2.47. The fourth-order valence-corrected chi connectivity index (χ4v) is 4.89. The molecule has 1 unspecified atom stereocenters. The summed E-state index contributed by atoms with van der Waals surface area (Å²) in [6.07, 6.45) is -0.276. The Labute approximate surface area is 217 Å². The summed E-state index contributed by atoms with van der Waals surface area (Å²) in [5.41, 5.74) is 4.06. The quantitative estimate of drug-likeness (QED) is 0.433. The number of carbonyl (C=O) groups excluding carboxylic acids is 1. The third-order valence-electron chi connectivity index (χ3n) is 7.06. The van der Waals surface area contributed by atoms with E-state index in [2.05, 4.69) is 95.4 Å². The minimum Gasteiger partial charge on any atom is -0.434 e. The molecule has 1 fully saturated rings. The van der Waals surface area contributed by atoms with Gasteiger partial charge in [0.1, 0.15) is 11.7 Å². The molecule has 2 atom stereocenters. The van der Waals surface area contributed by atoms with Gasteiger partial charge in [0.05, 0.1) is 6.61 Å². The smallest absolute Gasteiger partial charge is 0.434 e. The molecule has 5 nitrogen and oxygen atoms in total. The van der Waals surface area contributed by atoms with E-state index in [1.165, 1.54) is 11.1 Å². The van der Waals surface area contributed by atoms with Crippen molar-refractivity contribution in [3.8, 4) is 0 Å². The van der Waals surface area contributed by atoms with Crippen LogP contribution >= 0.6 is 0 Å². The van der Waals surface area contributed by atoms with Gasteiger partial charge >= 0.3 is 6.16 Å². The van der Waals surface area contributed by atoms with E-state index >= 15 is 0 Å². The van der Waals surface area contributed by atoms with Crippen molar-refractivity contribution in [2.45, 2.75) is 90.4 Å². The van der Waals surface area contributed by atoms with Crippen molar-refractivity contribution in [1.82, 2.24) is 5.32 Å². The van der Waals surface area contributed by atoms with Gasteiger partial charge in [0, 0.05) is 26.1 Å². The first-order valence-electron chi connectivity index (χ1n) is 13.1. The Kier molecular flexibility index (Phi) is 8.57. The van der Waals surface area contributed by atoms with Gasteiger partial charge in [-0.1, -0.05) is 104 Å². The maximum Gasteiger partial charge on any atom is 0.508 e. The lowest BCUT2D eigenvalue weighted by atomic mass is 9.76. The second-order valence-electron chi connectivity index (χ2n) is 12.5. The molecule has 3 rings (SSSR count). The molecule has 2 aromatic rings. The molecular formula is C31H45NO4. The molecule has 1 saturated heterocycles. The van der Waals surface area contributed by atoms with Crippen LogP contribution in [-0.2, 0) is 30.6 Å². The average Bonchev–Trinajstić information content (AvgIpc) is 3.27. The number of rotatable bonds is 7. The molecule has 0 aliphatic carbocycles. The number of carbonyl (C=O) groups is 1. The van der Waals surface area contributed by atoms with Gasteiger partial charge in [-0.25, -0.2) is 4.79 Å². The van der Waals surface area contributed by atoms with Crippen molar-refractivity contribution < 1.29 is 19.0 Å². The van der Waals surface area contributed by atoms with Crippen LogP contribution < -0.4 is 5.32 Å². The lowest BCUT2D eigenvalue weighted by Gasteiger charge is -2.39. The average molecular weight is 496 g/mol. The summed E-state index contributed by atoms with van der Waals surface area (Å²) in [6.45, 7) is 18.2. The molecule has 0 bridgehead atoms. The normalized spacial score (nSPS) is 18.9. The van der Waals surface area contributed by atoms with E-state index in [-0.39, 0.29) is 28.9 Å². The van der Waals surface area contributed by atoms with Crippen molar-refractivity contribution in [3.63, 3.8) is 0 Å². The van der Waals surface area contributed by atoms with Gasteiger partial charge in [-0.15, -0.1) is 0 Å². The summed E-state index contributed by atoms with van der Waals surface area (Å²) >= 11 is 0. The van der Waals surface area contributed by atoms with Crippen molar-refractivity contribution in [2.75, 3.05) is 20.3 Å². The number of nitrogens with one attached hydrogen (secondary N) is 1. The number of ether oxygens (including phenoxy) is 3. The highest BCUT2D eigenvalue weighted by atomic mass is 16.7. The Morgan fingerprint density at radius 2 is 1.31 bits per heavy atom. The molecular weight excluding hydrogens is 450 g/mol. The minimum atomic E-state index is -0.743. The molecule has 0 amide bonds. The fourth-order valence-electron chi connectivity index (χ4n) is 4.89. The fraction of sp³-hybridized carbons (Fsp3) is 0.581. The molecule has 1 aliphatic heterocycles. The van der Waals surface area contributed by atoms with Crippen LogP contribution in [0.3, 0.4) is 0 Å². The van der Waals surface area contributed by atoms with E-state index in [0.29, 0.717) is 19.6 Å². The largest absolute Gasteiger partial charge is 0.508 e. The van der Waals surface area contributed by atoms with Crippen LogP contribution in [0.4, 0.5) is 4.79 Å². The molecule has 36 heavy (non-hydrogen) atoms. The van der Waals surface area contributed by atoms with Crippen LogP contribution in [0.1, 0.15) is 84.1 Å². The molecule has 1 heterocycles. The first kappa shape index (κ1) is 28.2. The first-order chi connectivity index (χ1) is 16.8. The zero-order chi connectivity index (χ0) is 26.7. The molecule has 0 radical (unpaired) electrons. The Hall–Kier alpha value is -2.37. The summed E-state index contributed by atoms with van der Waals surface area (Å²) in [7, 11) is 1.77. The maximum absolute atomic E-state index is 12.2. The highest BCUT2D eigenvalue weighted by Crippen LogP contribution is 2.41. The van der Waals surface area contributed by atoms with E-state index in [1.54, 1.807) is 7.11 Å². The van der Waals surface area contributed by atoms with Gasteiger partial charge in [-0.3, -0.25) is 0 Å². The molecule has 5 heteroatoms. The minimum absolute atomic E-state index is 0.0590. The standard InChI is InChI=1S/C31H45NO4/c1-21(2)20-35-28(33)36-26-18-27(32-19-26)31(34-9,24-14-10-22(11-15-24)29(3,4)5)25-16-12-23(13-17-25)30(6,7)8/h10-17,21,26-27,32H,18-20H2,1-9H3/t26-,27?/m1/s1. The Bertz CT molecular complexity index is 939. The number of hydrogen-bond donors (Lipinski definition) is 1. The van der Waals surface area contributed by atoms with Crippen LogP contribution in [0.5, 0.6) is 0 Å². The topological polar surface area (TPSA) is 56.8 Å². The zero-order valence-electron chi connectivity index (χ0n) is 23.6. The molecule has 1 N–H and O–H groups in total. The van der Waals surface area contributed by atoms with Crippen LogP contribution in [0.15, 0.2) is 48.5 Å². The third-order valence-corrected chi connectivity index (χ3v) is 7.06. The van der Waals surface area contributed by atoms with Crippen LogP contribution in [0.25, 0.3) is 0 Å². The van der Waals surface area contributed by atoms with Gasteiger partial charge in [0.25, 0.3) is 0 Å². The van der Waals surface area contributed by atoms with Crippen LogP contribution in [0, 0.1) is 5.92 Å². The van der Waals surface area contributed by atoms with Crippen molar-refractivity contribution in [3.05, 3.63) is 70.8 Å². The SMILES string of the molecule is COC(c1ccc(C(C)(C)C)cc1)(c1ccc(C(C)(C)C)cc1)C1C[C@@H](OC(=O)OCC(C)C)CN1. The third kappa shape index (κ3) is 6.30. The van der Waals surface area contributed by atoms with Crippen LogP contribution in [0.2, 0.25) is 0 Å². The van der Waals surface area contributed by atoms with Gasteiger partial charge in [0.2, 0.25) is 0 Å². The predicted octanol–water partition coefficient (Wildman–Crippen LogP) is 6.71. The Balaban J connectivity index is 1.97. The van der Waals surface area contributed by atoms with Crippen LogP contribution in [-0.4, -0.2) is 38.6 Å². The summed E-state index contributed by atoms with van der Waals surface area (Å²) in [5.74, 6) is 0.264. The highest BCUT2D eigenvalue weighted by Gasteiger charge is 2.47.